The van der Waals surface area contributed by atoms with Crippen molar-refractivity contribution in [2.45, 2.75) is 0 Å². The molecule has 2 N–H and O–H groups in total. The van der Waals surface area contributed by atoms with Gasteiger partial charge < -0.3 is 15.3 Å². The van der Waals surface area contributed by atoms with E-state index in [1.54, 1.807) is 24.3 Å². The van der Waals surface area contributed by atoms with Crippen molar-refractivity contribution in [1.29, 1.82) is 0 Å². The van der Waals surface area contributed by atoms with E-state index in [2.05, 4.69) is 21.2 Å². The number of nitrogens with one attached hydrogen (secondary N) is 1. The zero-order valence-electron chi connectivity index (χ0n) is 10.5. The van der Waals surface area contributed by atoms with Gasteiger partial charge in [0.1, 0.15) is 0 Å². The molecule has 0 saturated carbocycles. The van der Waals surface area contributed by atoms with E-state index in [4.69, 9.17) is 5.11 Å². The molecule has 0 unspecified atom stereocenters. The van der Waals surface area contributed by atoms with Gasteiger partial charge in [0.25, 0.3) is 5.91 Å². The molecular formula is C13H13BrN2O4. The highest BCUT2D eigenvalue weighted by molar-refractivity contribution is 9.10. The van der Waals surface area contributed by atoms with Gasteiger partial charge in [-0.1, -0.05) is 22.0 Å². The van der Waals surface area contributed by atoms with E-state index in [0.29, 0.717) is 5.56 Å². The van der Waals surface area contributed by atoms with Crippen LogP contribution in [0.3, 0.4) is 0 Å². The normalized spacial score (nSPS) is 14.6. The molecular weight excluding hydrogens is 328 g/mol. The van der Waals surface area contributed by atoms with Crippen LogP contribution in [0.25, 0.3) is 0 Å². The Morgan fingerprint density at radius 1 is 1.35 bits per heavy atom. The largest absolute Gasteiger partial charge is 0.481 e. The second kappa shape index (κ2) is 6.04. The van der Waals surface area contributed by atoms with E-state index < -0.39 is 11.9 Å². The predicted molar refractivity (Wildman–Crippen MR) is 74.2 cm³/mol. The minimum absolute atomic E-state index is 0.127. The summed E-state index contributed by atoms with van der Waals surface area (Å²) in [4.78, 5) is 35.5. The van der Waals surface area contributed by atoms with E-state index >= 15 is 0 Å². The van der Waals surface area contributed by atoms with Gasteiger partial charge in [0.2, 0.25) is 5.91 Å². The van der Waals surface area contributed by atoms with Crippen LogP contribution in [0.4, 0.5) is 0 Å². The second-order valence-electron chi connectivity index (χ2n) is 4.53. The maximum absolute atomic E-state index is 11.8. The Morgan fingerprint density at radius 3 is 2.65 bits per heavy atom. The van der Waals surface area contributed by atoms with Crippen molar-refractivity contribution >= 4 is 33.7 Å². The first-order valence-corrected chi connectivity index (χ1v) is 6.81. The topological polar surface area (TPSA) is 86.7 Å². The number of aliphatic carboxylic acids is 1. The summed E-state index contributed by atoms with van der Waals surface area (Å²) in [7, 11) is 0. The summed E-state index contributed by atoms with van der Waals surface area (Å²) < 4.78 is 0.781. The highest BCUT2D eigenvalue weighted by atomic mass is 79.9. The number of hydrogen-bond donors (Lipinski definition) is 2. The number of nitrogens with zero attached hydrogens (tertiary/aromatic N) is 1. The zero-order valence-corrected chi connectivity index (χ0v) is 12.1. The molecule has 1 aromatic rings. The predicted octanol–water partition coefficient (Wildman–Crippen LogP) is 0.722. The molecule has 106 valence electrons. The number of amides is 2. The molecule has 0 aromatic heterocycles. The summed E-state index contributed by atoms with van der Waals surface area (Å²) in [6.07, 6.45) is 0. The van der Waals surface area contributed by atoms with Crippen molar-refractivity contribution in [3.63, 3.8) is 0 Å². The lowest BCUT2D eigenvalue weighted by molar-refractivity contribution is -0.152. The molecule has 7 heteroatoms. The monoisotopic (exact) mass is 340 g/mol. The van der Waals surface area contributed by atoms with E-state index in [9.17, 15) is 14.4 Å². The van der Waals surface area contributed by atoms with Crippen LogP contribution in [-0.4, -0.2) is 47.4 Å². The molecule has 0 bridgehead atoms. The van der Waals surface area contributed by atoms with Crippen LogP contribution in [0.15, 0.2) is 28.7 Å². The number of carboxylic acid groups (broad SMARTS) is 1. The summed E-state index contributed by atoms with van der Waals surface area (Å²) in [5, 5.41) is 11.2. The number of likely N-dealkylation sites (tertiary alicyclic amines) is 1. The average Bonchev–Trinajstić information content (AvgIpc) is 2.33. The number of hydrogen-bond acceptors (Lipinski definition) is 3. The maximum Gasteiger partial charge on any atom is 0.310 e. The van der Waals surface area contributed by atoms with Crippen LogP contribution in [-0.2, 0) is 9.59 Å². The van der Waals surface area contributed by atoms with Gasteiger partial charge in [0.15, 0.2) is 0 Å². The van der Waals surface area contributed by atoms with Crippen molar-refractivity contribution in [3.8, 4) is 0 Å². The fourth-order valence-electron chi connectivity index (χ4n) is 1.84. The molecule has 20 heavy (non-hydrogen) atoms. The van der Waals surface area contributed by atoms with Crippen molar-refractivity contribution in [3.05, 3.63) is 34.3 Å². The van der Waals surface area contributed by atoms with Gasteiger partial charge in [-0.25, -0.2) is 0 Å². The minimum atomic E-state index is -0.896. The SMILES string of the molecule is O=C(NCC(=O)N1CC(C(=O)O)C1)c1cccc(Br)c1. The molecule has 1 aliphatic rings. The fourth-order valence-corrected chi connectivity index (χ4v) is 2.24. The Balaban J connectivity index is 1.80. The maximum atomic E-state index is 11.8. The highest BCUT2D eigenvalue weighted by Gasteiger charge is 2.35. The summed E-state index contributed by atoms with van der Waals surface area (Å²) >= 11 is 3.26. The van der Waals surface area contributed by atoms with Crippen LogP contribution in [0.1, 0.15) is 10.4 Å². The molecule has 1 aliphatic heterocycles. The lowest BCUT2D eigenvalue weighted by Gasteiger charge is -2.36. The summed E-state index contributed by atoms with van der Waals surface area (Å²) in [6, 6.07) is 6.83. The third-order valence-corrected chi connectivity index (χ3v) is 3.56. The first kappa shape index (κ1) is 14.5. The minimum Gasteiger partial charge on any atom is -0.481 e. The number of carbonyl (C=O) groups excluding carboxylic acids is 2. The van der Waals surface area contributed by atoms with Crippen LogP contribution in [0, 0.1) is 5.92 Å². The van der Waals surface area contributed by atoms with E-state index in [1.165, 1.54) is 4.90 Å². The summed E-state index contributed by atoms with van der Waals surface area (Å²) in [5.41, 5.74) is 0.458. The van der Waals surface area contributed by atoms with Gasteiger partial charge in [-0.3, -0.25) is 14.4 Å². The van der Waals surface area contributed by atoms with Crippen molar-refractivity contribution in [2.24, 2.45) is 5.92 Å². The van der Waals surface area contributed by atoms with Crippen LogP contribution >= 0.6 is 15.9 Å². The number of halogens is 1. The van der Waals surface area contributed by atoms with Gasteiger partial charge in [-0.2, -0.15) is 0 Å². The Kier molecular flexibility index (Phi) is 4.39. The van der Waals surface area contributed by atoms with Crippen LogP contribution < -0.4 is 5.32 Å². The molecule has 1 saturated heterocycles. The summed E-state index contributed by atoms with van der Waals surface area (Å²) in [6.45, 7) is 0.291. The first-order chi connectivity index (χ1) is 9.47. The number of carboxylic acids is 1. The van der Waals surface area contributed by atoms with E-state index in [0.717, 1.165) is 4.47 Å². The van der Waals surface area contributed by atoms with Crippen LogP contribution in [0.5, 0.6) is 0 Å². The molecule has 0 aliphatic carbocycles. The van der Waals surface area contributed by atoms with Gasteiger partial charge in [0.05, 0.1) is 12.5 Å². The van der Waals surface area contributed by atoms with E-state index in [-0.39, 0.29) is 31.4 Å². The van der Waals surface area contributed by atoms with Gasteiger partial charge in [-0.15, -0.1) is 0 Å². The molecule has 2 rings (SSSR count). The zero-order chi connectivity index (χ0) is 14.7. The smallest absolute Gasteiger partial charge is 0.310 e. The Labute approximate surface area is 123 Å². The number of carbonyl (C=O) groups is 3. The lowest BCUT2D eigenvalue weighted by atomic mass is 10.0. The fraction of sp³-hybridized carbons (Fsp3) is 0.308. The number of benzene rings is 1. The third kappa shape index (κ3) is 3.36. The molecule has 6 nitrogen and oxygen atoms in total. The lowest BCUT2D eigenvalue weighted by Crippen LogP contribution is -2.55. The molecule has 0 atom stereocenters. The quantitative estimate of drug-likeness (QED) is 0.845. The molecule has 0 radical (unpaired) electrons. The molecule has 0 spiro atoms. The van der Waals surface area contributed by atoms with Gasteiger partial charge in [-0.05, 0) is 18.2 Å². The molecule has 2 amide bonds. The van der Waals surface area contributed by atoms with Crippen LogP contribution in [0.2, 0.25) is 0 Å². The molecule has 1 fully saturated rings. The van der Waals surface area contributed by atoms with Gasteiger partial charge >= 0.3 is 5.97 Å². The second-order valence-corrected chi connectivity index (χ2v) is 5.44. The van der Waals surface area contributed by atoms with E-state index in [1.807, 2.05) is 0 Å². The Bertz CT molecular complexity index is 555. The standard InChI is InChI=1S/C13H13BrN2O4/c14-10-3-1-2-8(4-10)12(18)15-5-11(17)16-6-9(7-16)13(19)20/h1-4,9H,5-7H2,(H,15,18)(H,19,20). The van der Waals surface area contributed by atoms with Crippen molar-refractivity contribution in [2.75, 3.05) is 19.6 Å². The van der Waals surface area contributed by atoms with Gasteiger partial charge in [0, 0.05) is 23.1 Å². The average molecular weight is 341 g/mol. The number of rotatable bonds is 4. The highest BCUT2D eigenvalue weighted by Crippen LogP contribution is 2.15. The Hall–Kier alpha value is -1.89. The van der Waals surface area contributed by atoms with Crippen molar-refractivity contribution < 1.29 is 19.5 Å². The summed E-state index contributed by atoms with van der Waals surface area (Å²) in [5.74, 6) is -1.99. The third-order valence-electron chi connectivity index (χ3n) is 3.07. The first-order valence-electron chi connectivity index (χ1n) is 6.01. The van der Waals surface area contributed by atoms with Crippen molar-refractivity contribution in [1.82, 2.24) is 10.2 Å². The molecule has 1 heterocycles. The molecule has 1 aromatic carbocycles. The Morgan fingerprint density at radius 2 is 2.05 bits per heavy atom.